The highest BCUT2D eigenvalue weighted by Gasteiger charge is 2.45. The monoisotopic (exact) mass is 570 g/mol. The molecule has 0 bridgehead atoms. The van der Waals surface area contributed by atoms with E-state index >= 15 is 0 Å². The molecule has 2 aliphatic carbocycles. The number of nitrogens with one attached hydrogen (secondary N) is 2. The zero-order valence-electron chi connectivity index (χ0n) is 24.0. The van der Waals surface area contributed by atoms with Crippen molar-refractivity contribution in [2.24, 2.45) is 5.41 Å². The lowest BCUT2D eigenvalue weighted by Gasteiger charge is -2.39. The Morgan fingerprint density at radius 2 is 1.55 bits per heavy atom. The standard InChI is InChI=1S/C34H38N2O6/c1-22(41-20-23-12-4-3-5-13-23)30(31(37)35-29-18-10-11-19-34(29,2)32(38)39)36-33(40)42-21-28-26-16-8-6-14-24(26)25-15-7-9-17-27(25)28/h3-9,12-17,22,28-30H,10-11,18-21H2,1-2H3,(H,35,37)(H,36,40)(H,38,39)/t22-,29?,30+,34?/m0/s1. The van der Waals surface area contributed by atoms with Crippen LogP contribution in [0.25, 0.3) is 11.1 Å². The van der Waals surface area contributed by atoms with Gasteiger partial charge in [-0.05, 0) is 54.5 Å². The van der Waals surface area contributed by atoms with Crippen LogP contribution >= 0.6 is 0 Å². The van der Waals surface area contributed by atoms with E-state index in [1.54, 1.807) is 13.8 Å². The fourth-order valence-electron chi connectivity index (χ4n) is 6.14. The highest BCUT2D eigenvalue weighted by atomic mass is 16.5. The molecule has 0 saturated heterocycles. The van der Waals surface area contributed by atoms with Gasteiger partial charge in [-0.1, -0.05) is 91.7 Å². The summed E-state index contributed by atoms with van der Waals surface area (Å²) >= 11 is 0. The SMILES string of the molecule is C[C@H](OCc1ccccc1)[C@@H](NC(=O)OCC1c2ccccc2-c2ccccc21)C(=O)NC1CCCCC1(C)C(=O)O. The molecule has 1 fully saturated rings. The first-order valence-corrected chi connectivity index (χ1v) is 14.6. The molecule has 2 aliphatic rings. The van der Waals surface area contributed by atoms with Gasteiger partial charge in [-0.2, -0.15) is 0 Å². The van der Waals surface area contributed by atoms with Gasteiger partial charge >= 0.3 is 12.1 Å². The van der Waals surface area contributed by atoms with Crippen molar-refractivity contribution >= 4 is 18.0 Å². The number of carbonyl (C=O) groups excluding carboxylic acids is 2. The first kappa shape index (κ1) is 29.3. The number of carboxylic acids is 1. The first-order chi connectivity index (χ1) is 20.3. The maximum atomic E-state index is 13.6. The van der Waals surface area contributed by atoms with Gasteiger partial charge in [0.15, 0.2) is 0 Å². The second-order valence-electron chi connectivity index (χ2n) is 11.5. The summed E-state index contributed by atoms with van der Waals surface area (Å²) in [5, 5.41) is 15.6. The molecule has 3 N–H and O–H groups in total. The maximum absolute atomic E-state index is 13.6. The number of ether oxygens (including phenoxy) is 2. The molecule has 4 atom stereocenters. The number of hydrogen-bond donors (Lipinski definition) is 3. The van der Waals surface area contributed by atoms with Crippen molar-refractivity contribution in [2.45, 2.75) is 70.2 Å². The summed E-state index contributed by atoms with van der Waals surface area (Å²) < 4.78 is 11.7. The zero-order valence-corrected chi connectivity index (χ0v) is 24.0. The molecule has 42 heavy (non-hydrogen) atoms. The largest absolute Gasteiger partial charge is 0.481 e. The summed E-state index contributed by atoms with van der Waals surface area (Å²) in [7, 11) is 0. The molecule has 8 nitrogen and oxygen atoms in total. The number of amides is 2. The van der Waals surface area contributed by atoms with Crippen LogP contribution in [0.1, 0.15) is 62.1 Å². The predicted molar refractivity (Wildman–Crippen MR) is 159 cm³/mol. The topological polar surface area (TPSA) is 114 Å². The number of aliphatic carboxylic acids is 1. The van der Waals surface area contributed by atoms with Crippen LogP contribution in [0.2, 0.25) is 0 Å². The quantitative estimate of drug-likeness (QED) is 0.290. The molecule has 220 valence electrons. The van der Waals surface area contributed by atoms with Crippen LogP contribution in [0.4, 0.5) is 4.79 Å². The second-order valence-corrected chi connectivity index (χ2v) is 11.5. The average molecular weight is 571 g/mol. The molecule has 0 aromatic heterocycles. The number of alkyl carbamates (subject to hydrolysis) is 1. The summed E-state index contributed by atoms with van der Waals surface area (Å²) in [5.74, 6) is -1.56. The highest BCUT2D eigenvalue weighted by Crippen LogP contribution is 2.44. The van der Waals surface area contributed by atoms with E-state index in [1.807, 2.05) is 66.7 Å². The molecule has 8 heteroatoms. The van der Waals surface area contributed by atoms with Gasteiger partial charge in [-0.15, -0.1) is 0 Å². The molecule has 1 saturated carbocycles. The summed E-state index contributed by atoms with van der Waals surface area (Å²) in [6.45, 7) is 3.73. The van der Waals surface area contributed by atoms with E-state index in [2.05, 4.69) is 22.8 Å². The van der Waals surface area contributed by atoms with Crippen LogP contribution in [-0.2, 0) is 25.7 Å². The summed E-state index contributed by atoms with van der Waals surface area (Å²) in [4.78, 5) is 39.0. The highest BCUT2D eigenvalue weighted by molar-refractivity contribution is 5.87. The van der Waals surface area contributed by atoms with E-state index in [4.69, 9.17) is 9.47 Å². The Balaban J connectivity index is 1.29. The Morgan fingerprint density at radius 3 is 2.19 bits per heavy atom. The van der Waals surface area contributed by atoms with Crippen LogP contribution in [0.5, 0.6) is 0 Å². The smallest absolute Gasteiger partial charge is 0.407 e. The molecular weight excluding hydrogens is 532 g/mol. The van der Waals surface area contributed by atoms with E-state index in [0.717, 1.165) is 40.7 Å². The van der Waals surface area contributed by atoms with E-state index < -0.39 is 41.6 Å². The van der Waals surface area contributed by atoms with Gasteiger partial charge < -0.3 is 25.2 Å². The summed E-state index contributed by atoms with van der Waals surface area (Å²) in [5.41, 5.74) is 4.26. The van der Waals surface area contributed by atoms with Crippen molar-refractivity contribution in [3.8, 4) is 11.1 Å². The third-order valence-electron chi connectivity index (χ3n) is 8.74. The third kappa shape index (κ3) is 6.19. The van der Waals surface area contributed by atoms with Gasteiger partial charge in [0, 0.05) is 12.0 Å². The molecular formula is C34H38N2O6. The van der Waals surface area contributed by atoms with E-state index in [1.165, 1.54) is 0 Å². The second kappa shape index (κ2) is 12.8. The van der Waals surface area contributed by atoms with Crippen molar-refractivity contribution in [2.75, 3.05) is 6.61 Å². The van der Waals surface area contributed by atoms with Crippen molar-refractivity contribution < 1.29 is 29.0 Å². The molecule has 2 amide bonds. The van der Waals surface area contributed by atoms with Crippen LogP contribution in [0.3, 0.4) is 0 Å². The van der Waals surface area contributed by atoms with E-state index in [-0.39, 0.29) is 19.1 Å². The minimum absolute atomic E-state index is 0.104. The van der Waals surface area contributed by atoms with Gasteiger partial charge in [0.1, 0.15) is 12.6 Å². The minimum Gasteiger partial charge on any atom is -0.481 e. The summed E-state index contributed by atoms with van der Waals surface area (Å²) in [6.07, 6.45) is 1.16. The number of fused-ring (bicyclic) bond motifs is 3. The van der Waals surface area contributed by atoms with E-state index in [0.29, 0.717) is 12.8 Å². The number of benzene rings is 3. The van der Waals surface area contributed by atoms with Gasteiger partial charge in [0.2, 0.25) is 5.91 Å². The Morgan fingerprint density at radius 1 is 0.929 bits per heavy atom. The molecule has 0 heterocycles. The lowest BCUT2D eigenvalue weighted by molar-refractivity contribution is -0.152. The van der Waals surface area contributed by atoms with Gasteiger partial charge in [0.25, 0.3) is 0 Å². The van der Waals surface area contributed by atoms with Crippen LogP contribution in [-0.4, -0.2) is 47.9 Å². The Kier molecular flexibility index (Phi) is 8.92. The van der Waals surface area contributed by atoms with Crippen LogP contribution < -0.4 is 10.6 Å². The fraction of sp³-hybridized carbons (Fsp3) is 0.382. The lowest BCUT2D eigenvalue weighted by Crippen LogP contribution is -2.59. The maximum Gasteiger partial charge on any atom is 0.407 e. The van der Waals surface area contributed by atoms with Crippen molar-refractivity contribution in [1.82, 2.24) is 10.6 Å². The third-order valence-corrected chi connectivity index (χ3v) is 8.74. The molecule has 3 aromatic carbocycles. The minimum atomic E-state index is -1.09. The molecule has 0 aliphatic heterocycles. The van der Waals surface area contributed by atoms with Crippen molar-refractivity contribution in [3.05, 3.63) is 95.6 Å². The number of carboxylic acid groups (broad SMARTS) is 1. The van der Waals surface area contributed by atoms with Crippen molar-refractivity contribution in [1.29, 1.82) is 0 Å². The Bertz CT molecular complexity index is 1380. The summed E-state index contributed by atoms with van der Waals surface area (Å²) in [6, 6.07) is 24.0. The number of hydrogen-bond acceptors (Lipinski definition) is 5. The van der Waals surface area contributed by atoms with Gasteiger partial charge in [0.05, 0.1) is 18.1 Å². The fourth-order valence-corrected chi connectivity index (χ4v) is 6.14. The molecule has 5 rings (SSSR count). The first-order valence-electron chi connectivity index (χ1n) is 14.6. The average Bonchev–Trinajstić information content (AvgIpc) is 3.32. The Hall–Kier alpha value is -4.17. The van der Waals surface area contributed by atoms with Gasteiger partial charge in [-0.25, -0.2) is 4.79 Å². The van der Waals surface area contributed by atoms with Crippen molar-refractivity contribution in [3.63, 3.8) is 0 Å². The molecule has 0 radical (unpaired) electrons. The van der Waals surface area contributed by atoms with E-state index in [9.17, 15) is 19.5 Å². The molecule has 0 spiro atoms. The van der Waals surface area contributed by atoms with Crippen LogP contribution in [0, 0.1) is 5.41 Å². The number of carbonyl (C=O) groups is 3. The zero-order chi connectivity index (χ0) is 29.7. The predicted octanol–water partition coefficient (Wildman–Crippen LogP) is 5.65. The number of rotatable bonds is 10. The Labute approximate surface area is 246 Å². The van der Waals surface area contributed by atoms with Gasteiger partial charge in [-0.3, -0.25) is 9.59 Å². The van der Waals surface area contributed by atoms with Crippen LogP contribution in [0.15, 0.2) is 78.9 Å². The lowest BCUT2D eigenvalue weighted by atomic mass is 9.71. The molecule has 3 aromatic rings. The normalized spacial score (nSPS) is 21.0. The molecule has 2 unspecified atom stereocenters.